The van der Waals surface area contributed by atoms with Crippen LogP contribution < -0.4 is 4.74 Å². The van der Waals surface area contributed by atoms with Crippen LogP contribution in [0.5, 0.6) is 5.75 Å². The highest BCUT2D eigenvalue weighted by molar-refractivity contribution is 7.12. The second kappa shape index (κ2) is 5.67. The molecule has 1 aromatic carbocycles. The number of hydrogen-bond donors (Lipinski definition) is 0. The second-order valence-corrected chi connectivity index (χ2v) is 5.86. The highest BCUT2D eigenvalue weighted by atomic mass is 32.1. The Balaban J connectivity index is 1.86. The summed E-state index contributed by atoms with van der Waals surface area (Å²) in [6, 6.07) is 12.0. The first-order valence-corrected chi connectivity index (χ1v) is 7.66. The Hall–Kier alpha value is -1.81. The summed E-state index contributed by atoms with van der Waals surface area (Å²) >= 11 is 1.51. The van der Waals surface area contributed by atoms with E-state index in [1.54, 1.807) is 7.11 Å². The number of hydrogen-bond acceptors (Lipinski definition) is 3. The van der Waals surface area contributed by atoms with Crippen molar-refractivity contribution in [3.63, 3.8) is 0 Å². The maximum absolute atomic E-state index is 12.6. The third-order valence-corrected chi connectivity index (χ3v) is 4.58. The first-order chi connectivity index (χ1) is 9.79. The minimum atomic E-state index is 0.144. The predicted molar refractivity (Wildman–Crippen MR) is 80.3 cm³/mol. The molecule has 1 aromatic heterocycles. The fraction of sp³-hybridized carbons (Fsp3) is 0.312. The molecule has 0 spiro atoms. The molecule has 1 saturated heterocycles. The molecule has 2 heterocycles. The topological polar surface area (TPSA) is 29.5 Å². The number of amides is 1. The standard InChI is InChI=1S/C16H17NO2S/c1-19-13-6-2-5-12(11-13)14-7-3-9-17(14)16(18)15-8-4-10-20-15/h2,4-6,8,10-11,14H,3,7,9H2,1H3. The zero-order valence-corrected chi connectivity index (χ0v) is 12.2. The Morgan fingerprint density at radius 3 is 3.00 bits per heavy atom. The lowest BCUT2D eigenvalue weighted by Crippen LogP contribution is -2.29. The van der Waals surface area contributed by atoms with E-state index in [-0.39, 0.29) is 11.9 Å². The van der Waals surface area contributed by atoms with Gasteiger partial charge in [0.05, 0.1) is 18.0 Å². The van der Waals surface area contributed by atoms with E-state index in [0.717, 1.165) is 35.6 Å². The highest BCUT2D eigenvalue weighted by Gasteiger charge is 2.31. The molecular formula is C16H17NO2S. The van der Waals surface area contributed by atoms with Crippen molar-refractivity contribution in [2.45, 2.75) is 18.9 Å². The van der Waals surface area contributed by atoms with Gasteiger partial charge in [-0.1, -0.05) is 18.2 Å². The van der Waals surface area contributed by atoms with Crippen LogP contribution in [0.2, 0.25) is 0 Å². The zero-order chi connectivity index (χ0) is 13.9. The maximum Gasteiger partial charge on any atom is 0.264 e. The molecule has 0 saturated carbocycles. The van der Waals surface area contributed by atoms with Gasteiger partial charge in [0.25, 0.3) is 5.91 Å². The molecule has 2 aromatic rings. The lowest BCUT2D eigenvalue weighted by atomic mass is 10.0. The van der Waals surface area contributed by atoms with E-state index in [9.17, 15) is 4.79 Å². The summed E-state index contributed by atoms with van der Waals surface area (Å²) in [7, 11) is 1.67. The Bertz CT molecular complexity index is 594. The summed E-state index contributed by atoms with van der Waals surface area (Å²) in [4.78, 5) is 15.4. The molecule has 1 aliphatic rings. The molecule has 1 fully saturated rings. The summed E-state index contributed by atoms with van der Waals surface area (Å²) in [5, 5.41) is 1.95. The van der Waals surface area contributed by atoms with E-state index in [2.05, 4.69) is 6.07 Å². The Morgan fingerprint density at radius 2 is 2.25 bits per heavy atom. The number of carbonyl (C=O) groups is 1. The van der Waals surface area contributed by atoms with E-state index in [1.807, 2.05) is 40.6 Å². The first kappa shape index (κ1) is 13.2. The number of likely N-dealkylation sites (tertiary alicyclic amines) is 1. The molecule has 104 valence electrons. The molecule has 0 bridgehead atoms. The average molecular weight is 287 g/mol. The molecule has 4 heteroatoms. The number of rotatable bonds is 3. The van der Waals surface area contributed by atoms with Gasteiger partial charge in [-0.05, 0) is 42.0 Å². The van der Waals surface area contributed by atoms with Crippen LogP contribution in [0, 0.1) is 0 Å². The van der Waals surface area contributed by atoms with Gasteiger partial charge in [-0.3, -0.25) is 4.79 Å². The summed E-state index contributed by atoms with van der Waals surface area (Å²) in [6.07, 6.45) is 2.07. The predicted octanol–water partition coefficient (Wildman–Crippen LogP) is 3.73. The molecule has 20 heavy (non-hydrogen) atoms. The van der Waals surface area contributed by atoms with Gasteiger partial charge in [0, 0.05) is 6.54 Å². The summed E-state index contributed by atoms with van der Waals surface area (Å²) in [5.41, 5.74) is 1.16. The number of methoxy groups -OCH3 is 1. The molecule has 0 radical (unpaired) electrons. The van der Waals surface area contributed by atoms with Crippen LogP contribution >= 0.6 is 11.3 Å². The van der Waals surface area contributed by atoms with Gasteiger partial charge in [0.15, 0.2) is 0 Å². The Morgan fingerprint density at radius 1 is 1.35 bits per heavy atom. The van der Waals surface area contributed by atoms with Crippen LogP contribution in [-0.2, 0) is 0 Å². The Kier molecular flexibility index (Phi) is 3.74. The minimum Gasteiger partial charge on any atom is -0.497 e. The largest absolute Gasteiger partial charge is 0.497 e. The van der Waals surface area contributed by atoms with Crippen LogP contribution in [0.25, 0.3) is 0 Å². The molecule has 1 atom stereocenters. The fourth-order valence-electron chi connectivity index (χ4n) is 2.75. The number of ether oxygens (including phenoxy) is 1. The van der Waals surface area contributed by atoms with Crippen LogP contribution in [-0.4, -0.2) is 24.5 Å². The molecular weight excluding hydrogens is 270 g/mol. The normalized spacial score (nSPS) is 18.2. The molecule has 1 aliphatic heterocycles. The molecule has 0 N–H and O–H groups in total. The van der Waals surface area contributed by atoms with E-state index in [4.69, 9.17) is 4.74 Å². The van der Waals surface area contributed by atoms with Crippen molar-refractivity contribution in [2.75, 3.05) is 13.7 Å². The Labute approximate surface area is 122 Å². The number of nitrogens with zero attached hydrogens (tertiary/aromatic N) is 1. The third kappa shape index (κ3) is 2.43. The third-order valence-electron chi connectivity index (χ3n) is 3.72. The fourth-order valence-corrected chi connectivity index (χ4v) is 3.43. The van der Waals surface area contributed by atoms with Gasteiger partial charge in [0.1, 0.15) is 5.75 Å². The molecule has 3 rings (SSSR count). The van der Waals surface area contributed by atoms with Crippen molar-refractivity contribution < 1.29 is 9.53 Å². The summed E-state index contributed by atoms with van der Waals surface area (Å²) in [5.74, 6) is 0.989. The van der Waals surface area contributed by atoms with Gasteiger partial charge in [-0.2, -0.15) is 0 Å². The van der Waals surface area contributed by atoms with E-state index in [1.165, 1.54) is 11.3 Å². The summed E-state index contributed by atoms with van der Waals surface area (Å²) < 4.78 is 5.28. The SMILES string of the molecule is COc1cccc(C2CCCN2C(=O)c2cccs2)c1. The number of carbonyl (C=O) groups excluding carboxylic acids is 1. The lowest BCUT2D eigenvalue weighted by Gasteiger charge is -2.25. The molecule has 0 aliphatic carbocycles. The average Bonchev–Trinajstić information content (AvgIpc) is 3.17. The minimum absolute atomic E-state index is 0.144. The van der Waals surface area contributed by atoms with Gasteiger partial charge < -0.3 is 9.64 Å². The van der Waals surface area contributed by atoms with Crippen molar-refractivity contribution >= 4 is 17.2 Å². The first-order valence-electron chi connectivity index (χ1n) is 6.78. The van der Waals surface area contributed by atoms with Crippen LogP contribution in [0.3, 0.4) is 0 Å². The lowest BCUT2D eigenvalue weighted by molar-refractivity contribution is 0.0740. The van der Waals surface area contributed by atoms with Crippen molar-refractivity contribution in [3.05, 3.63) is 52.2 Å². The van der Waals surface area contributed by atoms with Gasteiger partial charge in [-0.25, -0.2) is 0 Å². The van der Waals surface area contributed by atoms with E-state index < -0.39 is 0 Å². The van der Waals surface area contributed by atoms with Crippen LogP contribution in [0.1, 0.15) is 34.1 Å². The van der Waals surface area contributed by atoms with Crippen molar-refractivity contribution in [2.24, 2.45) is 0 Å². The second-order valence-electron chi connectivity index (χ2n) is 4.91. The van der Waals surface area contributed by atoms with E-state index >= 15 is 0 Å². The van der Waals surface area contributed by atoms with Gasteiger partial charge in [-0.15, -0.1) is 11.3 Å². The van der Waals surface area contributed by atoms with Gasteiger partial charge in [0.2, 0.25) is 0 Å². The van der Waals surface area contributed by atoms with Crippen molar-refractivity contribution in [3.8, 4) is 5.75 Å². The number of thiophene rings is 1. The molecule has 3 nitrogen and oxygen atoms in total. The van der Waals surface area contributed by atoms with Gasteiger partial charge >= 0.3 is 0 Å². The smallest absolute Gasteiger partial charge is 0.264 e. The molecule has 1 unspecified atom stereocenters. The van der Waals surface area contributed by atoms with Crippen molar-refractivity contribution in [1.82, 2.24) is 4.90 Å². The summed E-state index contributed by atoms with van der Waals surface area (Å²) in [6.45, 7) is 0.832. The maximum atomic E-state index is 12.6. The highest BCUT2D eigenvalue weighted by Crippen LogP contribution is 2.34. The molecule has 1 amide bonds. The van der Waals surface area contributed by atoms with Crippen LogP contribution in [0.4, 0.5) is 0 Å². The zero-order valence-electron chi connectivity index (χ0n) is 11.4. The quantitative estimate of drug-likeness (QED) is 0.860. The van der Waals surface area contributed by atoms with Crippen molar-refractivity contribution in [1.29, 1.82) is 0 Å². The van der Waals surface area contributed by atoms with E-state index in [0.29, 0.717) is 0 Å². The number of benzene rings is 1. The van der Waals surface area contributed by atoms with Crippen LogP contribution in [0.15, 0.2) is 41.8 Å². The monoisotopic (exact) mass is 287 g/mol.